The lowest BCUT2D eigenvalue weighted by Crippen LogP contribution is -2.12. The van der Waals surface area contributed by atoms with Crippen molar-refractivity contribution in [1.29, 1.82) is 0 Å². The molecule has 2 rings (SSSR count). The summed E-state index contributed by atoms with van der Waals surface area (Å²) >= 11 is 5.89. The number of aryl methyl sites for hydroxylation is 1. The van der Waals surface area contributed by atoms with E-state index in [1.54, 1.807) is 6.07 Å². The van der Waals surface area contributed by atoms with Crippen LogP contribution in [0.4, 0.5) is 5.69 Å². The van der Waals surface area contributed by atoms with Crippen molar-refractivity contribution in [1.82, 2.24) is 0 Å². The van der Waals surface area contributed by atoms with E-state index in [9.17, 15) is 10.1 Å². The lowest BCUT2D eigenvalue weighted by atomic mass is 9.98. The summed E-state index contributed by atoms with van der Waals surface area (Å²) < 4.78 is 0. The van der Waals surface area contributed by atoms with Crippen LogP contribution in [0.2, 0.25) is 5.02 Å². The SMILES string of the molecule is Cc1ccc(C(N)c2cc(Cl)cc([N+](=O)[O-])c2)cc1. The summed E-state index contributed by atoms with van der Waals surface area (Å²) in [7, 11) is 0. The van der Waals surface area contributed by atoms with Crippen molar-refractivity contribution < 1.29 is 4.92 Å². The number of rotatable bonds is 3. The molecule has 2 aromatic carbocycles. The van der Waals surface area contributed by atoms with Gasteiger partial charge in [0.15, 0.2) is 0 Å². The maximum absolute atomic E-state index is 10.8. The molecule has 0 saturated heterocycles. The van der Waals surface area contributed by atoms with Crippen molar-refractivity contribution in [2.24, 2.45) is 5.73 Å². The van der Waals surface area contributed by atoms with Crippen LogP contribution in [-0.4, -0.2) is 4.92 Å². The Kier molecular flexibility index (Phi) is 3.83. The van der Waals surface area contributed by atoms with Crippen LogP contribution in [0.5, 0.6) is 0 Å². The smallest absolute Gasteiger partial charge is 0.271 e. The topological polar surface area (TPSA) is 69.2 Å². The lowest BCUT2D eigenvalue weighted by Gasteiger charge is -2.13. The van der Waals surface area contributed by atoms with Gasteiger partial charge in [0.2, 0.25) is 0 Å². The predicted molar refractivity (Wildman–Crippen MR) is 75.3 cm³/mol. The third kappa shape index (κ3) is 3.10. The number of nitrogens with zero attached hydrogens (tertiary/aromatic N) is 1. The maximum atomic E-state index is 10.8. The van der Waals surface area contributed by atoms with Crippen LogP contribution in [0.15, 0.2) is 42.5 Å². The number of nitrogens with two attached hydrogens (primary N) is 1. The van der Waals surface area contributed by atoms with E-state index >= 15 is 0 Å². The van der Waals surface area contributed by atoms with E-state index in [0.29, 0.717) is 10.6 Å². The van der Waals surface area contributed by atoms with Gasteiger partial charge < -0.3 is 5.73 Å². The average Bonchev–Trinajstić information content (AvgIpc) is 2.38. The van der Waals surface area contributed by atoms with Crippen molar-refractivity contribution in [2.45, 2.75) is 13.0 Å². The van der Waals surface area contributed by atoms with Crippen molar-refractivity contribution in [3.05, 3.63) is 74.3 Å². The van der Waals surface area contributed by atoms with E-state index in [1.807, 2.05) is 31.2 Å². The van der Waals surface area contributed by atoms with Crippen molar-refractivity contribution in [3.8, 4) is 0 Å². The summed E-state index contributed by atoms with van der Waals surface area (Å²) in [5, 5.41) is 11.1. The van der Waals surface area contributed by atoms with Crippen LogP contribution in [-0.2, 0) is 0 Å². The molecular formula is C14H13ClN2O2. The minimum atomic E-state index is -0.475. The molecule has 0 aliphatic heterocycles. The van der Waals surface area contributed by atoms with Crippen LogP contribution < -0.4 is 5.73 Å². The Morgan fingerprint density at radius 3 is 2.37 bits per heavy atom. The van der Waals surface area contributed by atoms with Gasteiger partial charge >= 0.3 is 0 Å². The lowest BCUT2D eigenvalue weighted by molar-refractivity contribution is -0.384. The summed E-state index contributed by atoms with van der Waals surface area (Å²) in [6.45, 7) is 1.99. The molecule has 0 radical (unpaired) electrons. The highest BCUT2D eigenvalue weighted by Crippen LogP contribution is 2.27. The quantitative estimate of drug-likeness (QED) is 0.688. The molecule has 0 spiro atoms. The molecule has 2 aromatic rings. The van der Waals surface area contributed by atoms with Gasteiger partial charge in [-0.15, -0.1) is 0 Å². The van der Waals surface area contributed by atoms with Gasteiger partial charge in [0.05, 0.1) is 11.0 Å². The predicted octanol–water partition coefficient (Wildman–Crippen LogP) is 3.60. The summed E-state index contributed by atoms with van der Waals surface area (Å²) in [6, 6.07) is 11.7. The molecule has 0 aliphatic rings. The fourth-order valence-electron chi connectivity index (χ4n) is 1.85. The highest BCUT2D eigenvalue weighted by Gasteiger charge is 2.15. The van der Waals surface area contributed by atoms with Gasteiger partial charge in [-0.2, -0.15) is 0 Å². The van der Waals surface area contributed by atoms with Crippen LogP contribution >= 0.6 is 11.6 Å². The minimum absolute atomic E-state index is 0.0509. The van der Waals surface area contributed by atoms with Gasteiger partial charge in [0.1, 0.15) is 0 Å². The zero-order valence-electron chi connectivity index (χ0n) is 10.3. The fourth-order valence-corrected chi connectivity index (χ4v) is 2.09. The molecule has 2 N–H and O–H groups in total. The van der Waals surface area contributed by atoms with Gasteiger partial charge in [-0.05, 0) is 24.1 Å². The zero-order valence-corrected chi connectivity index (χ0v) is 11.1. The molecule has 0 amide bonds. The first-order chi connectivity index (χ1) is 8.97. The molecule has 19 heavy (non-hydrogen) atoms. The molecular weight excluding hydrogens is 264 g/mol. The molecule has 1 unspecified atom stereocenters. The van der Waals surface area contributed by atoms with Crippen LogP contribution in [0.1, 0.15) is 22.7 Å². The summed E-state index contributed by atoms with van der Waals surface area (Å²) in [6.07, 6.45) is 0. The second-order valence-corrected chi connectivity index (χ2v) is 4.82. The van der Waals surface area contributed by atoms with Crippen LogP contribution in [0, 0.1) is 17.0 Å². The van der Waals surface area contributed by atoms with Crippen molar-refractivity contribution in [3.63, 3.8) is 0 Å². The Morgan fingerprint density at radius 1 is 1.16 bits per heavy atom. The molecule has 4 nitrogen and oxygen atoms in total. The van der Waals surface area contributed by atoms with E-state index in [4.69, 9.17) is 17.3 Å². The molecule has 0 heterocycles. The number of nitro groups is 1. The van der Waals surface area contributed by atoms with Gasteiger partial charge in [0, 0.05) is 17.2 Å². The monoisotopic (exact) mass is 276 g/mol. The highest BCUT2D eigenvalue weighted by atomic mass is 35.5. The summed E-state index contributed by atoms with van der Waals surface area (Å²) in [5.41, 5.74) is 8.72. The van der Waals surface area contributed by atoms with Gasteiger partial charge in [0.25, 0.3) is 5.69 Å². The van der Waals surface area contributed by atoms with Crippen LogP contribution in [0.25, 0.3) is 0 Å². The third-order valence-electron chi connectivity index (χ3n) is 2.91. The molecule has 0 fully saturated rings. The van der Waals surface area contributed by atoms with Crippen LogP contribution in [0.3, 0.4) is 0 Å². The highest BCUT2D eigenvalue weighted by molar-refractivity contribution is 6.30. The molecule has 0 aromatic heterocycles. The first-order valence-electron chi connectivity index (χ1n) is 5.74. The maximum Gasteiger partial charge on any atom is 0.271 e. The molecule has 0 aliphatic carbocycles. The zero-order chi connectivity index (χ0) is 14.0. The first-order valence-corrected chi connectivity index (χ1v) is 6.12. The summed E-state index contributed by atoms with van der Waals surface area (Å²) in [4.78, 5) is 10.3. The standard InChI is InChI=1S/C14H13ClN2O2/c1-9-2-4-10(5-3-9)14(16)11-6-12(15)8-13(7-11)17(18)19/h2-8,14H,16H2,1H3. The first kappa shape index (κ1) is 13.5. The Hall–Kier alpha value is -1.91. The molecule has 0 saturated carbocycles. The van der Waals surface area contributed by atoms with E-state index in [0.717, 1.165) is 11.1 Å². The number of hydrogen-bond donors (Lipinski definition) is 1. The van der Waals surface area contributed by atoms with E-state index in [1.165, 1.54) is 12.1 Å². The number of non-ortho nitro benzene ring substituents is 1. The number of nitro benzene ring substituents is 1. The largest absolute Gasteiger partial charge is 0.320 e. The summed E-state index contributed by atoms with van der Waals surface area (Å²) in [5.74, 6) is 0. The third-order valence-corrected chi connectivity index (χ3v) is 3.13. The van der Waals surface area contributed by atoms with E-state index in [-0.39, 0.29) is 5.69 Å². The average molecular weight is 277 g/mol. The van der Waals surface area contributed by atoms with E-state index in [2.05, 4.69) is 0 Å². The van der Waals surface area contributed by atoms with Crippen molar-refractivity contribution >= 4 is 17.3 Å². The Labute approximate surface area is 116 Å². The van der Waals surface area contributed by atoms with Gasteiger partial charge in [-0.1, -0.05) is 41.4 Å². The van der Waals surface area contributed by atoms with Crippen molar-refractivity contribution in [2.75, 3.05) is 0 Å². The normalized spacial score (nSPS) is 12.2. The minimum Gasteiger partial charge on any atom is -0.320 e. The Bertz CT molecular complexity index is 611. The van der Waals surface area contributed by atoms with Gasteiger partial charge in [-0.25, -0.2) is 0 Å². The number of hydrogen-bond acceptors (Lipinski definition) is 3. The van der Waals surface area contributed by atoms with E-state index < -0.39 is 11.0 Å². The Balaban J connectivity index is 2.40. The second-order valence-electron chi connectivity index (χ2n) is 4.39. The van der Waals surface area contributed by atoms with Gasteiger partial charge in [-0.3, -0.25) is 10.1 Å². The Morgan fingerprint density at radius 2 is 1.79 bits per heavy atom. The second kappa shape index (κ2) is 5.38. The molecule has 0 bridgehead atoms. The fraction of sp³-hybridized carbons (Fsp3) is 0.143. The molecule has 98 valence electrons. The molecule has 1 atom stereocenters. The number of halogens is 1. The number of benzene rings is 2. The molecule has 5 heteroatoms.